The van der Waals surface area contributed by atoms with Gasteiger partial charge in [-0.2, -0.15) is 0 Å². The Bertz CT molecular complexity index is 415. The van der Waals surface area contributed by atoms with E-state index in [0.29, 0.717) is 37.3 Å². The second kappa shape index (κ2) is 7.48. The van der Waals surface area contributed by atoms with Gasteiger partial charge in [-0.05, 0) is 18.6 Å². The van der Waals surface area contributed by atoms with E-state index in [0.717, 1.165) is 0 Å². The van der Waals surface area contributed by atoms with Crippen molar-refractivity contribution in [3.63, 3.8) is 0 Å². The van der Waals surface area contributed by atoms with Gasteiger partial charge in [-0.15, -0.1) is 0 Å². The van der Waals surface area contributed by atoms with Crippen molar-refractivity contribution in [1.82, 2.24) is 0 Å². The van der Waals surface area contributed by atoms with Crippen LogP contribution in [0.3, 0.4) is 0 Å². The predicted molar refractivity (Wildman–Crippen MR) is 70.8 cm³/mol. The molecule has 0 atom stereocenters. The summed E-state index contributed by atoms with van der Waals surface area (Å²) >= 11 is 0. The molecule has 1 aromatic rings. The van der Waals surface area contributed by atoms with Gasteiger partial charge in [-0.1, -0.05) is 19.1 Å². The fourth-order valence-corrected chi connectivity index (χ4v) is 1.51. The van der Waals surface area contributed by atoms with E-state index < -0.39 is 0 Å². The Labute approximate surface area is 107 Å². The number of ketones is 1. The van der Waals surface area contributed by atoms with Crippen molar-refractivity contribution in [3.8, 4) is 5.75 Å². The Morgan fingerprint density at radius 1 is 1.28 bits per heavy atom. The molecular formula is C14H19NO3. The number of Topliss-reactive ketones (excluding diaryl/α,β-unsaturated/α-hetero) is 1. The van der Waals surface area contributed by atoms with E-state index in [1.165, 1.54) is 6.92 Å². The molecule has 0 spiro atoms. The van der Waals surface area contributed by atoms with Crippen LogP contribution in [0, 0.1) is 0 Å². The second-order valence-electron chi connectivity index (χ2n) is 4.02. The normalized spacial score (nSPS) is 9.89. The van der Waals surface area contributed by atoms with Crippen molar-refractivity contribution in [2.24, 2.45) is 0 Å². The van der Waals surface area contributed by atoms with E-state index in [4.69, 9.17) is 4.74 Å². The first-order valence-electron chi connectivity index (χ1n) is 6.14. The summed E-state index contributed by atoms with van der Waals surface area (Å²) in [7, 11) is 0. The number of amides is 1. The maximum atomic E-state index is 11.1. The van der Waals surface area contributed by atoms with Crippen molar-refractivity contribution < 1.29 is 14.3 Å². The first kappa shape index (κ1) is 14.2. The van der Waals surface area contributed by atoms with Gasteiger partial charge in [0.1, 0.15) is 11.5 Å². The molecule has 0 saturated carbocycles. The maximum absolute atomic E-state index is 11.1. The van der Waals surface area contributed by atoms with Crippen molar-refractivity contribution in [2.45, 2.75) is 33.1 Å². The molecular weight excluding hydrogens is 230 g/mol. The van der Waals surface area contributed by atoms with Crippen LogP contribution in [0.25, 0.3) is 0 Å². The van der Waals surface area contributed by atoms with Gasteiger partial charge in [0.2, 0.25) is 5.91 Å². The zero-order valence-electron chi connectivity index (χ0n) is 10.9. The van der Waals surface area contributed by atoms with Gasteiger partial charge in [0.15, 0.2) is 0 Å². The molecule has 1 aromatic carbocycles. The lowest BCUT2D eigenvalue weighted by Gasteiger charge is -2.11. The quantitative estimate of drug-likeness (QED) is 0.756. The van der Waals surface area contributed by atoms with Crippen molar-refractivity contribution in [1.29, 1.82) is 0 Å². The third-order valence-corrected chi connectivity index (χ3v) is 2.45. The Balaban J connectivity index is 2.46. The maximum Gasteiger partial charge on any atom is 0.221 e. The van der Waals surface area contributed by atoms with Crippen molar-refractivity contribution >= 4 is 17.4 Å². The molecule has 1 N–H and O–H groups in total. The first-order chi connectivity index (χ1) is 8.63. The molecule has 1 amide bonds. The summed E-state index contributed by atoms with van der Waals surface area (Å²) in [5.41, 5.74) is 0.659. The Hall–Kier alpha value is -1.84. The molecule has 0 aliphatic rings. The van der Waals surface area contributed by atoms with Crippen LogP contribution in [0.5, 0.6) is 5.75 Å². The molecule has 98 valence electrons. The molecule has 4 heteroatoms. The summed E-state index contributed by atoms with van der Waals surface area (Å²) in [6.45, 7) is 3.79. The molecule has 0 saturated heterocycles. The van der Waals surface area contributed by atoms with Gasteiger partial charge < -0.3 is 10.1 Å². The largest absolute Gasteiger partial charge is 0.491 e. The fraction of sp³-hybridized carbons (Fsp3) is 0.429. The van der Waals surface area contributed by atoms with Crippen molar-refractivity contribution in [3.05, 3.63) is 24.3 Å². The van der Waals surface area contributed by atoms with E-state index in [1.54, 1.807) is 12.1 Å². The molecule has 0 bridgehead atoms. The fourth-order valence-electron chi connectivity index (χ4n) is 1.51. The lowest BCUT2D eigenvalue weighted by Crippen LogP contribution is -2.08. The zero-order chi connectivity index (χ0) is 13.4. The highest BCUT2D eigenvalue weighted by atomic mass is 16.5. The van der Waals surface area contributed by atoms with Gasteiger partial charge in [0, 0.05) is 19.8 Å². The molecule has 18 heavy (non-hydrogen) atoms. The van der Waals surface area contributed by atoms with Crippen LogP contribution in [0.15, 0.2) is 24.3 Å². The lowest BCUT2D eigenvalue weighted by atomic mass is 10.2. The molecule has 0 aromatic heterocycles. The number of carbonyl (C=O) groups is 2. The molecule has 0 fully saturated rings. The van der Waals surface area contributed by atoms with E-state index >= 15 is 0 Å². The van der Waals surface area contributed by atoms with Crippen LogP contribution >= 0.6 is 0 Å². The highest BCUT2D eigenvalue weighted by molar-refractivity contribution is 5.90. The van der Waals surface area contributed by atoms with E-state index in [9.17, 15) is 9.59 Å². The number of benzene rings is 1. The molecule has 0 heterocycles. The highest BCUT2D eigenvalue weighted by Crippen LogP contribution is 2.23. The monoisotopic (exact) mass is 249 g/mol. The lowest BCUT2D eigenvalue weighted by molar-refractivity contribution is -0.119. The predicted octanol–water partition coefficient (Wildman–Crippen LogP) is 2.78. The summed E-state index contributed by atoms with van der Waals surface area (Å²) in [5.74, 6) is 0.748. The Morgan fingerprint density at radius 3 is 2.67 bits per heavy atom. The molecule has 1 rings (SSSR count). The smallest absolute Gasteiger partial charge is 0.221 e. The highest BCUT2D eigenvalue weighted by Gasteiger charge is 2.04. The van der Waals surface area contributed by atoms with Gasteiger partial charge >= 0.3 is 0 Å². The average molecular weight is 249 g/mol. The number of rotatable bonds is 7. The molecule has 4 nitrogen and oxygen atoms in total. The summed E-state index contributed by atoms with van der Waals surface area (Å²) in [6.07, 6.45) is 1.81. The van der Waals surface area contributed by atoms with Crippen LogP contribution in [0.2, 0.25) is 0 Å². The minimum Gasteiger partial charge on any atom is -0.491 e. The standard InChI is InChI=1S/C14H19NO3/c1-3-12(17)7-6-10-18-14-9-5-4-8-13(14)15-11(2)16/h4-5,8-9H,3,6-7,10H2,1-2H3,(H,15,16). The van der Waals surface area contributed by atoms with Crippen LogP contribution in [-0.2, 0) is 9.59 Å². The van der Waals surface area contributed by atoms with Crippen LogP contribution in [0.1, 0.15) is 33.1 Å². The summed E-state index contributed by atoms with van der Waals surface area (Å²) < 4.78 is 5.57. The topological polar surface area (TPSA) is 55.4 Å². The van der Waals surface area contributed by atoms with Gasteiger partial charge in [0.25, 0.3) is 0 Å². The number of para-hydroxylation sites is 2. The van der Waals surface area contributed by atoms with Gasteiger partial charge in [-0.25, -0.2) is 0 Å². The summed E-state index contributed by atoms with van der Waals surface area (Å²) in [6, 6.07) is 7.26. The molecule has 0 aliphatic heterocycles. The number of hydrogen-bond acceptors (Lipinski definition) is 3. The zero-order valence-corrected chi connectivity index (χ0v) is 10.9. The number of anilines is 1. The van der Waals surface area contributed by atoms with Gasteiger partial charge in [-0.3, -0.25) is 9.59 Å². The van der Waals surface area contributed by atoms with E-state index in [-0.39, 0.29) is 11.7 Å². The average Bonchev–Trinajstić information content (AvgIpc) is 2.35. The number of hydrogen-bond donors (Lipinski definition) is 1. The molecule has 0 radical (unpaired) electrons. The minimum atomic E-state index is -0.132. The Kier molecular flexibility index (Phi) is 5.91. The van der Waals surface area contributed by atoms with Crippen LogP contribution in [0.4, 0.5) is 5.69 Å². The third kappa shape index (κ3) is 4.99. The van der Waals surface area contributed by atoms with Gasteiger partial charge in [0.05, 0.1) is 12.3 Å². The number of ether oxygens (including phenoxy) is 1. The second-order valence-corrected chi connectivity index (χ2v) is 4.02. The van der Waals surface area contributed by atoms with E-state index in [2.05, 4.69) is 5.32 Å². The Morgan fingerprint density at radius 2 is 2.00 bits per heavy atom. The SMILES string of the molecule is CCC(=O)CCCOc1ccccc1NC(C)=O. The van der Waals surface area contributed by atoms with Crippen LogP contribution in [-0.4, -0.2) is 18.3 Å². The summed E-state index contributed by atoms with van der Waals surface area (Å²) in [4.78, 5) is 22.1. The van der Waals surface area contributed by atoms with E-state index in [1.807, 2.05) is 19.1 Å². The number of carbonyl (C=O) groups excluding carboxylic acids is 2. The number of nitrogens with one attached hydrogen (secondary N) is 1. The molecule has 0 aliphatic carbocycles. The summed E-state index contributed by atoms with van der Waals surface area (Å²) in [5, 5.41) is 2.70. The first-order valence-corrected chi connectivity index (χ1v) is 6.14. The minimum absolute atomic E-state index is 0.132. The van der Waals surface area contributed by atoms with Crippen molar-refractivity contribution in [2.75, 3.05) is 11.9 Å². The molecule has 0 unspecified atom stereocenters. The van der Waals surface area contributed by atoms with Crippen LogP contribution < -0.4 is 10.1 Å². The third-order valence-electron chi connectivity index (χ3n) is 2.45.